The lowest BCUT2D eigenvalue weighted by atomic mass is 9.69. The predicted octanol–water partition coefficient (Wildman–Crippen LogP) is 7.35. The van der Waals surface area contributed by atoms with Gasteiger partial charge in [0.05, 0.1) is 0 Å². The van der Waals surface area contributed by atoms with Gasteiger partial charge in [-0.15, -0.1) is 0 Å². The van der Waals surface area contributed by atoms with E-state index in [0.29, 0.717) is 23.9 Å². The Morgan fingerprint density at radius 3 is 2.11 bits per heavy atom. The summed E-state index contributed by atoms with van der Waals surface area (Å²) in [6, 6.07) is 8.71. The Bertz CT molecular complexity index is 613. The summed E-state index contributed by atoms with van der Waals surface area (Å²) in [5.74, 6) is 2.10. The van der Waals surface area contributed by atoms with Crippen LogP contribution >= 0.6 is 0 Å². The second kappa shape index (κ2) is 8.82. The molecule has 0 aliphatic heterocycles. The molecule has 2 rings (SSSR count). The minimum absolute atomic E-state index is 0.230. The van der Waals surface area contributed by atoms with E-state index >= 15 is 0 Å². The Kier molecular flexibility index (Phi) is 7.19. The van der Waals surface area contributed by atoms with Crippen molar-refractivity contribution in [2.45, 2.75) is 86.9 Å². The van der Waals surface area contributed by atoms with Crippen molar-refractivity contribution in [3.63, 3.8) is 0 Å². The molecule has 1 aromatic rings. The first-order valence-corrected chi connectivity index (χ1v) is 10.6. The number of hydrogen-bond acceptors (Lipinski definition) is 2. The Morgan fingerprint density at radius 1 is 1.04 bits per heavy atom. The number of allylic oxidation sites excluding steroid dienone is 1. The maximum atomic E-state index is 6.22. The quantitative estimate of drug-likeness (QED) is 0.368. The summed E-state index contributed by atoms with van der Waals surface area (Å²) < 4.78 is 12.1. The molecule has 0 saturated heterocycles. The minimum Gasteiger partial charge on any atom is -0.461 e. The molecule has 0 amide bonds. The van der Waals surface area contributed by atoms with Crippen LogP contribution in [0.5, 0.6) is 5.75 Å². The summed E-state index contributed by atoms with van der Waals surface area (Å²) in [5, 5.41) is 0. The van der Waals surface area contributed by atoms with Gasteiger partial charge in [-0.25, -0.2) is 0 Å². The molecule has 3 unspecified atom stereocenters. The molecule has 0 spiro atoms. The molecule has 0 N–H and O–H groups in total. The summed E-state index contributed by atoms with van der Waals surface area (Å²) in [5.41, 5.74) is 3.22. The van der Waals surface area contributed by atoms with Gasteiger partial charge in [0.15, 0.2) is 0 Å². The topological polar surface area (TPSA) is 18.5 Å². The van der Waals surface area contributed by atoms with E-state index in [1.807, 2.05) is 6.92 Å². The fraction of sp³-hybridized carbons (Fsp3) is 0.680. The SMILES string of the molecule is CCOC(Oc1ccc(C(CC(C)(C)C)C(C)(C)C)cc1)C1=CCC(C)C1. The molecule has 0 aromatic heterocycles. The molecule has 1 aromatic carbocycles. The van der Waals surface area contributed by atoms with Gasteiger partial charge < -0.3 is 9.47 Å². The molecule has 27 heavy (non-hydrogen) atoms. The summed E-state index contributed by atoms with van der Waals surface area (Å²) in [7, 11) is 0. The normalized spacial score (nSPS) is 20.3. The van der Waals surface area contributed by atoms with Crippen molar-refractivity contribution < 1.29 is 9.47 Å². The average molecular weight is 373 g/mol. The van der Waals surface area contributed by atoms with E-state index in [2.05, 4.69) is 78.8 Å². The first kappa shape index (κ1) is 22.0. The summed E-state index contributed by atoms with van der Waals surface area (Å²) in [6.45, 7) is 19.0. The standard InChI is InChI=1S/C25H40O2/c1-9-26-23(20-11-10-18(2)16-20)27-21-14-12-19(13-15-21)22(25(6,7)8)17-24(3,4)5/h11-15,18,22-23H,9-10,16-17H2,1-8H3. The van der Waals surface area contributed by atoms with Gasteiger partial charge in [-0.3, -0.25) is 0 Å². The maximum Gasteiger partial charge on any atom is 0.222 e. The number of hydrogen-bond donors (Lipinski definition) is 0. The zero-order valence-corrected chi connectivity index (χ0v) is 18.8. The molecular formula is C25H40O2. The first-order chi connectivity index (χ1) is 12.5. The lowest BCUT2D eigenvalue weighted by Crippen LogP contribution is -2.24. The molecule has 152 valence electrons. The van der Waals surface area contributed by atoms with E-state index < -0.39 is 0 Å². The molecule has 0 bridgehead atoms. The number of ether oxygens (including phenoxy) is 2. The predicted molar refractivity (Wildman–Crippen MR) is 115 cm³/mol. The summed E-state index contributed by atoms with van der Waals surface area (Å²) in [4.78, 5) is 0. The van der Waals surface area contributed by atoms with Crippen molar-refractivity contribution in [1.82, 2.24) is 0 Å². The molecule has 0 heterocycles. The number of benzene rings is 1. The van der Waals surface area contributed by atoms with Crippen molar-refractivity contribution in [2.24, 2.45) is 16.7 Å². The van der Waals surface area contributed by atoms with Crippen molar-refractivity contribution in [3.05, 3.63) is 41.5 Å². The molecule has 0 saturated carbocycles. The van der Waals surface area contributed by atoms with Gasteiger partial charge in [0.25, 0.3) is 0 Å². The van der Waals surface area contributed by atoms with Crippen LogP contribution in [0, 0.1) is 16.7 Å². The van der Waals surface area contributed by atoms with Gasteiger partial charge in [0.1, 0.15) is 5.75 Å². The fourth-order valence-electron chi connectivity index (χ4n) is 3.92. The van der Waals surface area contributed by atoms with Gasteiger partial charge in [-0.2, -0.15) is 0 Å². The van der Waals surface area contributed by atoms with Crippen LogP contribution in [0.3, 0.4) is 0 Å². The summed E-state index contributed by atoms with van der Waals surface area (Å²) >= 11 is 0. The third-order valence-electron chi connectivity index (χ3n) is 5.37. The van der Waals surface area contributed by atoms with Gasteiger partial charge in [-0.1, -0.05) is 66.7 Å². The molecule has 1 aliphatic rings. The van der Waals surface area contributed by atoms with E-state index in [0.717, 1.165) is 18.6 Å². The lowest BCUT2D eigenvalue weighted by Gasteiger charge is -2.36. The fourth-order valence-corrected chi connectivity index (χ4v) is 3.92. The van der Waals surface area contributed by atoms with E-state index in [4.69, 9.17) is 9.47 Å². The zero-order valence-electron chi connectivity index (χ0n) is 18.8. The molecule has 0 fully saturated rings. The largest absolute Gasteiger partial charge is 0.461 e. The zero-order chi connectivity index (χ0) is 20.2. The van der Waals surface area contributed by atoms with Gasteiger partial charge in [0, 0.05) is 6.61 Å². The van der Waals surface area contributed by atoms with Crippen LogP contribution in [-0.4, -0.2) is 12.9 Å². The monoisotopic (exact) mass is 372 g/mol. The van der Waals surface area contributed by atoms with Crippen LogP contribution in [0.2, 0.25) is 0 Å². The van der Waals surface area contributed by atoms with Crippen LogP contribution in [-0.2, 0) is 4.74 Å². The van der Waals surface area contributed by atoms with Crippen molar-refractivity contribution in [2.75, 3.05) is 6.61 Å². The van der Waals surface area contributed by atoms with E-state index in [1.54, 1.807) is 0 Å². The molecule has 3 atom stereocenters. The highest BCUT2D eigenvalue weighted by atomic mass is 16.7. The molecule has 1 aliphatic carbocycles. The highest BCUT2D eigenvalue weighted by Gasteiger charge is 2.30. The molecule has 2 nitrogen and oxygen atoms in total. The Hall–Kier alpha value is -1.28. The Labute approximate surface area is 167 Å². The van der Waals surface area contributed by atoms with E-state index in [9.17, 15) is 0 Å². The van der Waals surface area contributed by atoms with Crippen LogP contribution in [0.25, 0.3) is 0 Å². The second-order valence-electron chi connectivity index (χ2n) is 10.5. The van der Waals surface area contributed by atoms with Crippen molar-refractivity contribution >= 4 is 0 Å². The lowest BCUT2D eigenvalue weighted by molar-refractivity contribution is -0.0502. The van der Waals surface area contributed by atoms with Crippen LogP contribution < -0.4 is 4.74 Å². The molecule has 2 heteroatoms. The Morgan fingerprint density at radius 2 is 1.67 bits per heavy atom. The van der Waals surface area contributed by atoms with Crippen LogP contribution in [0.4, 0.5) is 0 Å². The van der Waals surface area contributed by atoms with E-state index in [-0.39, 0.29) is 11.7 Å². The second-order valence-corrected chi connectivity index (χ2v) is 10.5. The highest BCUT2D eigenvalue weighted by Crippen LogP contribution is 2.43. The molecule has 0 radical (unpaired) electrons. The molecular weight excluding hydrogens is 332 g/mol. The third-order valence-corrected chi connectivity index (χ3v) is 5.37. The van der Waals surface area contributed by atoms with Crippen LogP contribution in [0.1, 0.15) is 86.1 Å². The average Bonchev–Trinajstić information content (AvgIpc) is 2.98. The minimum atomic E-state index is -0.251. The third kappa shape index (κ3) is 6.68. The maximum absolute atomic E-state index is 6.22. The van der Waals surface area contributed by atoms with Gasteiger partial charge in [-0.05, 0) is 72.1 Å². The van der Waals surface area contributed by atoms with E-state index in [1.165, 1.54) is 17.6 Å². The highest BCUT2D eigenvalue weighted by molar-refractivity contribution is 5.31. The summed E-state index contributed by atoms with van der Waals surface area (Å²) in [6.07, 6.45) is 5.40. The Balaban J connectivity index is 2.14. The first-order valence-electron chi connectivity index (χ1n) is 10.6. The van der Waals surface area contributed by atoms with Crippen LogP contribution in [0.15, 0.2) is 35.9 Å². The number of rotatable bonds is 7. The van der Waals surface area contributed by atoms with Gasteiger partial charge >= 0.3 is 0 Å². The smallest absolute Gasteiger partial charge is 0.222 e. The van der Waals surface area contributed by atoms with Gasteiger partial charge in [0.2, 0.25) is 6.29 Å². The van der Waals surface area contributed by atoms with Crippen molar-refractivity contribution in [1.29, 1.82) is 0 Å². The van der Waals surface area contributed by atoms with Crippen molar-refractivity contribution in [3.8, 4) is 5.75 Å².